The molecule has 1 amide bonds. The summed E-state index contributed by atoms with van der Waals surface area (Å²) in [4.78, 5) is 14.3. The monoisotopic (exact) mass is 226 g/mol. The van der Waals surface area contributed by atoms with E-state index in [1.54, 1.807) is 0 Å². The molecule has 4 heteroatoms. The highest BCUT2D eigenvalue weighted by molar-refractivity contribution is 5.79. The maximum atomic E-state index is 12.3. The van der Waals surface area contributed by atoms with E-state index in [1.807, 2.05) is 11.8 Å². The average Bonchev–Trinajstić information content (AvgIpc) is 2.18. The van der Waals surface area contributed by atoms with Crippen LogP contribution in [0.5, 0.6) is 0 Å². The van der Waals surface area contributed by atoms with Crippen LogP contribution >= 0.6 is 0 Å². The Balaban J connectivity index is 1.96. The Bertz CT molecular complexity index is 266. The van der Waals surface area contributed by atoms with Crippen LogP contribution in [0.1, 0.15) is 20.8 Å². The Morgan fingerprint density at radius 1 is 1.44 bits per heavy atom. The fourth-order valence-corrected chi connectivity index (χ4v) is 2.34. The molecule has 3 atom stereocenters. The summed E-state index contributed by atoms with van der Waals surface area (Å²) >= 11 is 0. The van der Waals surface area contributed by atoms with Gasteiger partial charge < -0.3 is 15.0 Å². The Labute approximate surface area is 97.3 Å². The molecule has 2 aliphatic heterocycles. The zero-order valence-corrected chi connectivity index (χ0v) is 10.4. The number of nitrogens with zero attached hydrogens (tertiary/aromatic N) is 1. The number of hydrogen-bond acceptors (Lipinski definition) is 3. The van der Waals surface area contributed by atoms with Crippen LogP contribution in [0.15, 0.2) is 0 Å². The molecule has 2 aliphatic rings. The van der Waals surface area contributed by atoms with E-state index in [1.165, 1.54) is 0 Å². The second kappa shape index (κ2) is 4.72. The van der Waals surface area contributed by atoms with Crippen LogP contribution in [0.25, 0.3) is 0 Å². The van der Waals surface area contributed by atoms with Gasteiger partial charge in [0, 0.05) is 12.5 Å². The molecule has 0 spiro atoms. The number of carbonyl (C=O) groups excluding carboxylic acids is 1. The van der Waals surface area contributed by atoms with E-state index in [0.717, 1.165) is 19.6 Å². The van der Waals surface area contributed by atoms with Gasteiger partial charge >= 0.3 is 0 Å². The lowest BCUT2D eigenvalue weighted by molar-refractivity contribution is -0.149. The quantitative estimate of drug-likeness (QED) is 0.744. The van der Waals surface area contributed by atoms with E-state index in [-0.39, 0.29) is 18.1 Å². The Kier molecular flexibility index (Phi) is 3.50. The van der Waals surface area contributed by atoms with Crippen molar-refractivity contribution in [2.45, 2.75) is 32.9 Å². The van der Waals surface area contributed by atoms with E-state index in [4.69, 9.17) is 4.74 Å². The topological polar surface area (TPSA) is 41.6 Å². The van der Waals surface area contributed by atoms with Crippen molar-refractivity contribution >= 4 is 5.91 Å². The number of amides is 1. The van der Waals surface area contributed by atoms with Crippen molar-refractivity contribution in [3.05, 3.63) is 0 Å². The molecule has 2 saturated heterocycles. The van der Waals surface area contributed by atoms with Gasteiger partial charge in [-0.3, -0.25) is 4.79 Å². The molecule has 0 aromatic carbocycles. The fourth-order valence-electron chi connectivity index (χ4n) is 2.34. The fraction of sp³-hybridized carbons (Fsp3) is 0.917. The zero-order chi connectivity index (χ0) is 11.7. The Hall–Kier alpha value is -0.610. The molecular weight excluding hydrogens is 204 g/mol. The number of morpholine rings is 1. The molecule has 3 unspecified atom stereocenters. The van der Waals surface area contributed by atoms with Gasteiger partial charge in [0.05, 0.1) is 18.8 Å². The average molecular weight is 226 g/mol. The molecule has 16 heavy (non-hydrogen) atoms. The van der Waals surface area contributed by atoms with Gasteiger partial charge in [0.15, 0.2) is 0 Å². The number of carbonyl (C=O) groups is 1. The zero-order valence-electron chi connectivity index (χ0n) is 10.4. The van der Waals surface area contributed by atoms with E-state index in [0.29, 0.717) is 18.4 Å². The molecule has 0 saturated carbocycles. The standard InChI is InChI=1S/C12H22N2O2/c1-8-7-16-9(2)6-14(8)12(15)10(3)11-4-13-5-11/h8-11,13H,4-7H2,1-3H3. The second-order valence-electron chi connectivity index (χ2n) is 5.19. The first-order valence-corrected chi connectivity index (χ1v) is 6.22. The minimum atomic E-state index is 0.147. The molecule has 2 rings (SSSR count). The van der Waals surface area contributed by atoms with Crippen molar-refractivity contribution in [2.24, 2.45) is 11.8 Å². The van der Waals surface area contributed by atoms with Gasteiger partial charge in [-0.1, -0.05) is 6.92 Å². The van der Waals surface area contributed by atoms with Crippen LogP contribution in [0, 0.1) is 11.8 Å². The van der Waals surface area contributed by atoms with Gasteiger partial charge in [-0.2, -0.15) is 0 Å². The second-order valence-corrected chi connectivity index (χ2v) is 5.19. The van der Waals surface area contributed by atoms with Crippen LogP contribution in [0.2, 0.25) is 0 Å². The van der Waals surface area contributed by atoms with Gasteiger partial charge in [-0.05, 0) is 32.9 Å². The summed E-state index contributed by atoms with van der Waals surface area (Å²) in [7, 11) is 0. The highest BCUT2D eigenvalue weighted by Crippen LogP contribution is 2.21. The molecule has 0 bridgehead atoms. The van der Waals surface area contributed by atoms with Crippen molar-refractivity contribution in [3.8, 4) is 0 Å². The van der Waals surface area contributed by atoms with Crippen LogP contribution in [-0.2, 0) is 9.53 Å². The lowest BCUT2D eigenvalue weighted by Crippen LogP contribution is -2.55. The Morgan fingerprint density at radius 2 is 2.12 bits per heavy atom. The first kappa shape index (κ1) is 11.9. The van der Waals surface area contributed by atoms with Crippen molar-refractivity contribution < 1.29 is 9.53 Å². The maximum Gasteiger partial charge on any atom is 0.226 e. The van der Waals surface area contributed by atoms with Gasteiger partial charge in [-0.15, -0.1) is 0 Å². The molecule has 2 heterocycles. The third-order valence-corrected chi connectivity index (χ3v) is 3.80. The Morgan fingerprint density at radius 3 is 2.69 bits per heavy atom. The van der Waals surface area contributed by atoms with Crippen molar-refractivity contribution in [1.29, 1.82) is 0 Å². The molecule has 4 nitrogen and oxygen atoms in total. The first-order chi connectivity index (χ1) is 7.59. The highest BCUT2D eigenvalue weighted by atomic mass is 16.5. The highest BCUT2D eigenvalue weighted by Gasteiger charge is 2.35. The summed E-state index contributed by atoms with van der Waals surface area (Å²) in [6.45, 7) is 9.54. The first-order valence-electron chi connectivity index (χ1n) is 6.22. The van der Waals surface area contributed by atoms with Crippen LogP contribution in [0.4, 0.5) is 0 Å². The molecule has 92 valence electrons. The van der Waals surface area contributed by atoms with Gasteiger partial charge in [0.2, 0.25) is 5.91 Å². The summed E-state index contributed by atoms with van der Waals surface area (Å²) in [5.41, 5.74) is 0. The third-order valence-electron chi connectivity index (χ3n) is 3.80. The van der Waals surface area contributed by atoms with Gasteiger partial charge in [0.1, 0.15) is 0 Å². The minimum absolute atomic E-state index is 0.147. The summed E-state index contributed by atoms with van der Waals surface area (Å²) in [5.74, 6) is 0.973. The number of hydrogen-bond donors (Lipinski definition) is 1. The summed E-state index contributed by atoms with van der Waals surface area (Å²) in [6, 6.07) is 0.221. The molecule has 0 aromatic rings. The van der Waals surface area contributed by atoms with Crippen molar-refractivity contribution in [3.63, 3.8) is 0 Å². The lowest BCUT2D eigenvalue weighted by Gasteiger charge is -2.41. The molecular formula is C12H22N2O2. The minimum Gasteiger partial charge on any atom is -0.375 e. The third kappa shape index (κ3) is 2.23. The molecule has 0 aromatic heterocycles. The SMILES string of the molecule is CC1CN(C(=O)C(C)C2CNC2)C(C)CO1. The van der Waals surface area contributed by atoms with E-state index in [2.05, 4.69) is 19.2 Å². The van der Waals surface area contributed by atoms with Gasteiger partial charge in [-0.25, -0.2) is 0 Å². The van der Waals surface area contributed by atoms with Crippen LogP contribution in [0.3, 0.4) is 0 Å². The van der Waals surface area contributed by atoms with Crippen LogP contribution < -0.4 is 5.32 Å². The summed E-state index contributed by atoms with van der Waals surface area (Å²) in [6.07, 6.45) is 0.173. The predicted octanol–water partition coefficient (Wildman–Crippen LogP) is 0.478. The van der Waals surface area contributed by atoms with E-state index >= 15 is 0 Å². The summed E-state index contributed by atoms with van der Waals surface area (Å²) < 4.78 is 5.54. The molecule has 0 radical (unpaired) electrons. The molecule has 0 aliphatic carbocycles. The number of nitrogens with one attached hydrogen (secondary N) is 1. The number of rotatable bonds is 2. The smallest absolute Gasteiger partial charge is 0.226 e. The molecule has 1 N–H and O–H groups in total. The normalized spacial score (nSPS) is 33.3. The maximum absolute atomic E-state index is 12.3. The van der Waals surface area contributed by atoms with E-state index in [9.17, 15) is 4.79 Å². The van der Waals surface area contributed by atoms with Crippen molar-refractivity contribution in [2.75, 3.05) is 26.2 Å². The van der Waals surface area contributed by atoms with E-state index < -0.39 is 0 Å². The molecule has 2 fully saturated rings. The predicted molar refractivity (Wildman–Crippen MR) is 62.1 cm³/mol. The van der Waals surface area contributed by atoms with Gasteiger partial charge in [0.25, 0.3) is 0 Å². The lowest BCUT2D eigenvalue weighted by atomic mass is 9.87. The largest absolute Gasteiger partial charge is 0.375 e. The van der Waals surface area contributed by atoms with Crippen LogP contribution in [-0.4, -0.2) is 49.2 Å². The van der Waals surface area contributed by atoms with Crippen molar-refractivity contribution in [1.82, 2.24) is 10.2 Å². The summed E-state index contributed by atoms with van der Waals surface area (Å²) in [5, 5.41) is 3.22. The number of ether oxygens (including phenoxy) is 1.